The number of thiophene rings is 1. The highest BCUT2D eigenvalue weighted by Crippen LogP contribution is 2.15. The molecule has 1 aromatic rings. The number of ether oxygens (including phenoxy) is 2. The average molecular weight is 350 g/mol. The fourth-order valence-corrected chi connectivity index (χ4v) is 2.74. The van der Waals surface area contributed by atoms with Crippen molar-refractivity contribution in [2.24, 2.45) is 0 Å². The van der Waals surface area contributed by atoms with Gasteiger partial charge in [0.05, 0.1) is 23.9 Å². The summed E-state index contributed by atoms with van der Waals surface area (Å²) in [4.78, 5) is 36.3. The standard InChI is InChI=1S/C16H18N2O5S/c1-3-22-15(20)14-10(2)17-16(21)18-12(14)9-23-13(19)7-6-11-5-4-8-24-11/h4-8,10H,3,9H2,1-2H3,(H2,17,18,21)/b7-6+/t10-/m1/s1. The van der Waals surface area contributed by atoms with Crippen LogP contribution in [0.1, 0.15) is 18.7 Å². The molecule has 2 amide bonds. The summed E-state index contributed by atoms with van der Waals surface area (Å²) in [7, 11) is 0. The van der Waals surface area contributed by atoms with Crippen LogP contribution < -0.4 is 10.6 Å². The summed E-state index contributed by atoms with van der Waals surface area (Å²) >= 11 is 1.49. The second kappa shape index (κ2) is 8.30. The van der Waals surface area contributed by atoms with Gasteiger partial charge in [0.25, 0.3) is 0 Å². The molecule has 0 aliphatic carbocycles. The van der Waals surface area contributed by atoms with Gasteiger partial charge in [0.1, 0.15) is 6.61 Å². The predicted molar refractivity (Wildman–Crippen MR) is 89.1 cm³/mol. The normalized spacial score (nSPS) is 17.4. The van der Waals surface area contributed by atoms with Gasteiger partial charge < -0.3 is 20.1 Å². The number of hydrogen-bond acceptors (Lipinski definition) is 6. The van der Waals surface area contributed by atoms with Crippen LogP contribution in [0.4, 0.5) is 4.79 Å². The number of amides is 2. The summed E-state index contributed by atoms with van der Waals surface area (Å²) in [6, 6.07) is 2.74. The third-order valence-electron chi connectivity index (χ3n) is 3.15. The Hall–Kier alpha value is -2.61. The van der Waals surface area contributed by atoms with Crippen LogP contribution in [0.25, 0.3) is 6.08 Å². The SMILES string of the molecule is CCOC(=O)C1=C(COC(=O)/C=C/c2cccs2)NC(=O)N[C@@H]1C. The molecular formula is C16H18N2O5S. The molecular weight excluding hydrogens is 332 g/mol. The van der Waals surface area contributed by atoms with Crippen LogP contribution in [0.15, 0.2) is 34.9 Å². The molecule has 0 radical (unpaired) electrons. The Morgan fingerprint density at radius 1 is 1.38 bits per heavy atom. The Labute approximate surface area is 143 Å². The highest BCUT2D eigenvalue weighted by molar-refractivity contribution is 7.10. The lowest BCUT2D eigenvalue weighted by Gasteiger charge is -2.26. The van der Waals surface area contributed by atoms with E-state index < -0.39 is 24.0 Å². The summed E-state index contributed by atoms with van der Waals surface area (Å²) in [5, 5.41) is 6.96. The zero-order chi connectivity index (χ0) is 17.5. The Kier molecular flexibility index (Phi) is 6.14. The number of rotatable bonds is 6. The van der Waals surface area contributed by atoms with Crippen LogP contribution in [-0.2, 0) is 19.1 Å². The smallest absolute Gasteiger partial charge is 0.338 e. The second-order valence-electron chi connectivity index (χ2n) is 4.89. The highest BCUT2D eigenvalue weighted by Gasteiger charge is 2.30. The van der Waals surface area contributed by atoms with Crippen LogP contribution >= 0.6 is 11.3 Å². The molecule has 2 N–H and O–H groups in total. The van der Waals surface area contributed by atoms with E-state index in [1.807, 2.05) is 17.5 Å². The maximum atomic E-state index is 12.0. The summed E-state index contributed by atoms with van der Waals surface area (Å²) in [5.74, 6) is -1.13. The molecule has 24 heavy (non-hydrogen) atoms. The molecule has 0 spiro atoms. The van der Waals surface area contributed by atoms with Gasteiger partial charge >= 0.3 is 18.0 Å². The molecule has 7 nitrogen and oxygen atoms in total. The molecule has 0 bridgehead atoms. The van der Waals surface area contributed by atoms with Crippen molar-refractivity contribution in [2.45, 2.75) is 19.9 Å². The quantitative estimate of drug-likeness (QED) is 0.603. The Balaban J connectivity index is 2.05. The van der Waals surface area contributed by atoms with E-state index >= 15 is 0 Å². The molecule has 1 aromatic heterocycles. The van der Waals surface area contributed by atoms with Gasteiger partial charge in [-0.3, -0.25) is 0 Å². The number of esters is 2. The maximum absolute atomic E-state index is 12.0. The van der Waals surface area contributed by atoms with Crippen molar-refractivity contribution in [1.82, 2.24) is 10.6 Å². The predicted octanol–water partition coefficient (Wildman–Crippen LogP) is 1.82. The largest absolute Gasteiger partial charge is 0.463 e. The van der Waals surface area contributed by atoms with Gasteiger partial charge in [-0.25, -0.2) is 14.4 Å². The van der Waals surface area contributed by atoms with E-state index in [1.54, 1.807) is 19.9 Å². The first-order chi connectivity index (χ1) is 11.5. The molecule has 1 atom stereocenters. The fraction of sp³-hybridized carbons (Fsp3) is 0.312. The van der Waals surface area contributed by atoms with E-state index in [4.69, 9.17) is 9.47 Å². The molecule has 2 heterocycles. The minimum atomic E-state index is -0.570. The van der Waals surface area contributed by atoms with E-state index in [0.29, 0.717) is 0 Å². The number of nitrogens with one attached hydrogen (secondary N) is 2. The van der Waals surface area contributed by atoms with Gasteiger partial charge in [0, 0.05) is 11.0 Å². The molecule has 0 saturated carbocycles. The van der Waals surface area contributed by atoms with E-state index in [0.717, 1.165) is 4.88 Å². The van der Waals surface area contributed by atoms with Crippen LogP contribution in [0, 0.1) is 0 Å². The van der Waals surface area contributed by atoms with E-state index in [1.165, 1.54) is 17.4 Å². The molecule has 0 fully saturated rings. The summed E-state index contributed by atoms with van der Waals surface area (Å²) in [6.07, 6.45) is 2.93. The van der Waals surface area contributed by atoms with Crippen molar-refractivity contribution in [3.63, 3.8) is 0 Å². The van der Waals surface area contributed by atoms with E-state index in [9.17, 15) is 14.4 Å². The average Bonchev–Trinajstić information content (AvgIpc) is 3.03. The van der Waals surface area contributed by atoms with Gasteiger partial charge in [-0.2, -0.15) is 0 Å². The molecule has 128 valence electrons. The van der Waals surface area contributed by atoms with Gasteiger partial charge in [0.2, 0.25) is 0 Å². The molecule has 2 rings (SSSR count). The lowest BCUT2D eigenvalue weighted by molar-refractivity contribution is -0.140. The first-order valence-corrected chi connectivity index (χ1v) is 8.25. The number of hydrogen-bond donors (Lipinski definition) is 2. The summed E-state index contributed by atoms with van der Waals surface area (Å²) < 4.78 is 10.1. The lowest BCUT2D eigenvalue weighted by Crippen LogP contribution is -2.50. The topological polar surface area (TPSA) is 93.7 Å². The lowest BCUT2D eigenvalue weighted by atomic mass is 10.0. The molecule has 8 heteroatoms. The van der Waals surface area contributed by atoms with Gasteiger partial charge in [-0.1, -0.05) is 6.07 Å². The Morgan fingerprint density at radius 2 is 2.17 bits per heavy atom. The molecule has 0 aromatic carbocycles. The van der Waals surface area contributed by atoms with Crippen molar-refractivity contribution >= 4 is 35.4 Å². The van der Waals surface area contributed by atoms with Crippen molar-refractivity contribution in [1.29, 1.82) is 0 Å². The van der Waals surface area contributed by atoms with Crippen LogP contribution in [-0.4, -0.2) is 37.2 Å². The van der Waals surface area contributed by atoms with E-state index in [2.05, 4.69) is 10.6 Å². The van der Waals surface area contributed by atoms with Gasteiger partial charge in [-0.15, -0.1) is 11.3 Å². The Bertz CT molecular complexity index is 679. The molecule has 1 aliphatic rings. The van der Waals surface area contributed by atoms with Crippen molar-refractivity contribution in [3.8, 4) is 0 Å². The minimum Gasteiger partial charge on any atom is -0.463 e. The molecule has 1 aliphatic heterocycles. The summed E-state index contributed by atoms with van der Waals surface area (Å²) in [6.45, 7) is 3.33. The maximum Gasteiger partial charge on any atom is 0.338 e. The number of carbonyl (C=O) groups excluding carboxylic acids is 3. The first-order valence-electron chi connectivity index (χ1n) is 7.37. The van der Waals surface area contributed by atoms with Crippen molar-refractivity contribution < 1.29 is 23.9 Å². The Morgan fingerprint density at radius 3 is 2.83 bits per heavy atom. The summed E-state index contributed by atoms with van der Waals surface area (Å²) in [5.41, 5.74) is 0.467. The van der Waals surface area contributed by atoms with Crippen molar-refractivity contribution in [3.05, 3.63) is 39.7 Å². The third-order valence-corrected chi connectivity index (χ3v) is 3.99. The third kappa shape index (κ3) is 4.69. The minimum absolute atomic E-state index is 0.208. The fourth-order valence-electron chi connectivity index (χ4n) is 2.12. The molecule has 0 saturated heterocycles. The first kappa shape index (κ1) is 17.7. The second-order valence-corrected chi connectivity index (χ2v) is 5.87. The van der Waals surface area contributed by atoms with Crippen LogP contribution in [0.2, 0.25) is 0 Å². The molecule has 0 unspecified atom stereocenters. The van der Waals surface area contributed by atoms with Gasteiger partial charge in [0.15, 0.2) is 0 Å². The van der Waals surface area contributed by atoms with Crippen LogP contribution in [0.5, 0.6) is 0 Å². The van der Waals surface area contributed by atoms with Crippen LogP contribution in [0.3, 0.4) is 0 Å². The highest BCUT2D eigenvalue weighted by atomic mass is 32.1. The zero-order valence-corrected chi connectivity index (χ0v) is 14.1. The number of urea groups is 1. The number of carbonyl (C=O) groups is 3. The van der Waals surface area contributed by atoms with E-state index in [-0.39, 0.29) is 24.5 Å². The zero-order valence-electron chi connectivity index (χ0n) is 13.3. The monoisotopic (exact) mass is 350 g/mol. The van der Waals surface area contributed by atoms with Crippen molar-refractivity contribution in [2.75, 3.05) is 13.2 Å². The van der Waals surface area contributed by atoms with Gasteiger partial charge in [-0.05, 0) is 31.4 Å².